The summed E-state index contributed by atoms with van der Waals surface area (Å²) in [7, 11) is 0. The number of carbonyl (C=O) groups is 1. The molecule has 164 valence electrons. The van der Waals surface area contributed by atoms with Crippen molar-refractivity contribution >= 4 is 22.5 Å². The Morgan fingerprint density at radius 1 is 1.23 bits per heavy atom. The number of pyridine rings is 1. The Labute approximate surface area is 178 Å². The van der Waals surface area contributed by atoms with E-state index in [4.69, 9.17) is 19.9 Å². The molecule has 0 unspecified atom stereocenters. The molecule has 1 aliphatic rings. The Balaban J connectivity index is 1.44. The third kappa shape index (κ3) is 6.31. The number of nitrogens with one attached hydrogen (secondary N) is 1. The number of benzene rings is 1. The van der Waals surface area contributed by atoms with Crippen LogP contribution in [0.3, 0.4) is 0 Å². The molecule has 0 radical (unpaired) electrons. The number of hydrogen-bond donors (Lipinski definition) is 2. The molecular weight excluding hydrogens is 382 g/mol. The van der Waals surface area contributed by atoms with Gasteiger partial charge in [-0.2, -0.15) is 0 Å². The quantitative estimate of drug-likeness (QED) is 0.610. The highest BCUT2D eigenvalue weighted by atomic mass is 16.5. The van der Waals surface area contributed by atoms with Crippen molar-refractivity contribution < 1.29 is 19.0 Å². The van der Waals surface area contributed by atoms with Gasteiger partial charge in [-0.3, -0.25) is 9.78 Å². The molecule has 0 atom stereocenters. The zero-order valence-corrected chi connectivity index (χ0v) is 18.1. The van der Waals surface area contributed by atoms with E-state index in [-0.39, 0.29) is 30.8 Å². The maximum Gasteiger partial charge on any atom is 0.246 e. The molecule has 1 aromatic heterocycles. The first-order valence-corrected chi connectivity index (χ1v) is 10.7. The van der Waals surface area contributed by atoms with Gasteiger partial charge in [0.1, 0.15) is 12.4 Å². The molecule has 1 heterocycles. The number of fused-ring (bicyclic) bond motifs is 1. The highest BCUT2D eigenvalue weighted by Gasteiger charge is 2.24. The molecule has 1 saturated carbocycles. The van der Waals surface area contributed by atoms with Gasteiger partial charge in [0.25, 0.3) is 0 Å². The molecule has 2 aromatic rings. The van der Waals surface area contributed by atoms with E-state index >= 15 is 0 Å². The summed E-state index contributed by atoms with van der Waals surface area (Å²) in [5.74, 6) is 0.703. The zero-order chi connectivity index (χ0) is 21.5. The van der Waals surface area contributed by atoms with Crippen LogP contribution in [0.4, 0.5) is 5.69 Å². The van der Waals surface area contributed by atoms with Crippen molar-refractivity contribution in [1.29, 1.82) is 0 Å². The number of carbonyl (C=O) groups excluding carboxylic acids is 1. The number of hydrogen-bond acceptors (Lipinski definition) is 6. The Kier molecular flexibility index (Phi) is 7.87. The lowest BCUT2D eigenvalue weighted by Crippen LogP contribution is -2.41. The van der Waals surface area contributed by atoms with Gasteiger partial charge in [-0.15, -0.1) is 0 Å². The minimum absolute atomic E-state index is 0.0690. The molecule has 3 N–H and O–H groups in total. The van der Waals surface area contributed by atoms with Crippen LogP contribution in [0.5, 0.6) is 5.75 Å². The molecule has 3 rings (SSSR count). The predicted molar refractivity (Wildman–Crippen MR) is 118 cm³/mol. The lowest BCUT2D eigenvalue weighted by atomic mass is 9.93. The number of nitrogens with two attached hydrogens (primary N) is 1. The zero-order valence-electron chi connectivity index (χ0n) is 18.1. The third-order valence-corrected chi connectivity index (χ3v) is 5.20. The number of amides is 1. The van der Waals surface area contributed by atoms with E-state index in [1.165, 1.54) is 0 Å². The van der Waals surface area contributed by atoms with E-state index in [1.54, 1.807) is 0 Å². The average molecular weight is 416 g/mol. The summed E-state index contributed by atoms with van der Waals surface area (Å²) in [4.78, 5) is 16.6. The maximum atomic E-state index is 12.1. The van der Waals surface area contributed by atoms with Crippen molar-refractivity contribution in [3.8, 4) is 5.75 Å². The van der Waals surface area contributed by atoms with E-state index in [2.05, 4.69) is 10.3 Å². The Morgan fingerprint density at radius 2 is 2.00 bits per heavy atom. The van der Waals surface area contributed by atoms with Gasteiger partial charge >= 0.3 is 0 Å². The fraction of sp³-hybridized carbons (Fsp3) is 0.565. The lowest BCUT2D eigenvalue weighted by Gasteiger charge is -2.30. The van der Waals surface area contributed by atoms with Gasteiger partial charge in [-0.1, -0.05) is 6.07 Å². The summed E-state index contributed by atoms with van der Waals surface area (Å²) >= 11 is 0. The fourth-order valence-electron chi connectivity index (χ4n) is 3.80. The highest BCUT2D eigenvalue weighted by molar-refractivity contribution is 5.95. The predicted octanol–water partition coefficient (Wildman–Crippen LogP) is 3.37. The largest absolute Gasteiger partial charge is 0.490 e. The minimum atomic E-state index is -0.0767. The molecule has 1 aliphatic carbocycles. The van der Waals surface area contributed by atoms with Crippen molar-refractivity contribution in [3.05, 3.63) is 30.0 Å². The molecular formula is C23H33N3O4. The SMILES string of the molecule is Cc1cc(N)c2c(O[C@H]3CC[C@H](NC(=O)COCCOC(C)C)CC3)cccc2n1. The van der Waals surface area contributed by atoms with Crippen LogP contribution in [0.15, 0.2) is 24.3 Å². The molecule has 1 amide bonds. The summed E-state index contributed by atoms with van der Waals surface area (Å²) in [6, 6.07) is 7.88. The number of rotatable bonds is 9. The van der Waals surface area contributed by atoms with E-state index in [0.717, 1.165) is 48.0 Å². The number of anilines is 1. The average Bonchev–Trinajstić information content (AvgIpc) is 2.68. The molecule has 7 nitrogen and oxygen atoms in total. The van der Waals surface area contributed by atoms with Crippen molar-refractivity contribution in [1.82, 2.24) is 10.3 Å². The maximum absolute atomic E-state index is 12.1. The molecule has 1 fully saturated rings. The monoisotopic (exact) mass is 415 g/mol. The second-order valence-electron chi connectivity index (χ2n) is 8.13. The van der Waals surface area contributed by atoms with Crippen LogP contribution in [-0.2, 0) is 14.3 Å². The third-order valence-electron chi connectivity index (χ3n) is 5.20. The number of aryl methyl sites for hydroxylation is 1. The standard InChI is InChI=1S/C23H33N3O4/c1-15(2)29-12-11-28-14-22(27)26-17-7-9-18(10-8-17)30-21-6-4-5-20-23(21)19(24)13-16(3)25-20/h4-6,13,15,17-18H,7-12,14H2,1-3H3,(H2,24,25)(H,26,27)/t17-,18-. The lowest BCUT2D eigenvalue weighted by molar-refractivity contribution is -0.127. The number of ether oxygens (including phenoxy) is 3. The highest BCUT2D eigenvalue weighted by Crippen LogP contribution is 2.33. The van der Waals surface area contributed by atoms with Crippen LogP contribution in [0, 0.1) is 6.92 Å². The molecule has 0 spiro atoms. The number of nitrogen functional groups attached to an aromatic ring is 1. The second-order valence-corrected chi connectivity index (χ2v) is 8.13. The molecule has 0 bridgehead atoms. The normalized spacial score (nSPS) is 19.2. The van der Waals surface area contributed by atoms with Crippen LogP contribution in [0.25, 0.3) is 10.9 Å². The smallest absolute Gasteiger partial charge is 0.246 e. The van der Waals surface area contributed by atoms with Gasteiger partial charge in [0.05, 0.1) is 36.3 Å². The summed E-state index contributed by atoms with van der Waals surface area (Å²) in [5.41, 5.74) is 8.66. The molecule has 7 heteroatoms. The Morgan fingerprint density at radius 3 is 2.73 bits per heavy atom. The van der Waals surface area contributed by atoms with Crippen molar-refractivity contribution in [2.45, 2.75) is 64.7 Å². The van der Waals surface area contributed by atoms with Crippen LogP contribution >= 0.6 is 0 Å². The van der Waals surface area contributed by atoms with Crippen molar-refractivity contribution in [2.24, 2.45) is 0 Å². The van der Waals surface area contributed by atoms with E-state index < -0.39 is 0 Å². The second kappa shape index (κ2) is 10.6. The summed E-state index contributed by atoms with van der Waals surface area (Å²) in [6.07, 6.45) is 3.79. The van der Waals surface area contributed by atoms with Crippen molar-refractivity contribution in [3.63, 3.8) is 0 Å². The summed E-state index contributed by atoms with van der Waals surface area (Å²) < 4.78 is 17.0. The molecule has 30 heavy (non-hydrogen) atoms. The number of nitrogens with zero attached hydrogens (tertiary/aromatic N) is 1. The van der Waals surface area contributed by atoms with Gasteiger partial charge in [0.15, 0.2) is 0 Å². The molecule has 0 saturated heterocycles. The minimum Gasteiger partial charge on any atom is -0.490 e. The number of aromatic nitrogens is 1. The van der Waals surface area contributed by atoms with Crippen LogP contribution < -0.4 is 15.8 Å². The first-order chi connectivity index (χ1) is 14.4. The van der Waals surface area contributed by atoms with Crippen molar-refractivity contribution in [2.75, 3.05) is 25.6 Å². The van der Waals surface area contributed by atoms with Crippen LogP contribution in [-0.4, -0.2) is 49.0 Å². The van der Waals surface area contributed by atoms with Gasteiger partial charge in [-0.05, 0) is 64.7 Å². The van der Waals surface area contributed by atoms with Gasteiger partial charge < -0.3 is 25.3 Å². The van der Waals surface area contributed by atoms with E-state index in [1.807, 2.05) is 45.0 Å². The van der Waals surface area contributed by atoms with E-state index in [0.29, 0.717) is 18.9 Å². The van der Waals surface area contributed by atoms with Gasteiger partial charge in [-0.25, -0.2) is 0 Å². The Hall–Kier alpha value is -2.38. The Bertz CT molecular complexity index is 848. The summed E-state index contributed by atoms with van der Waals surface area (Å²) in [5, 5.41) is 3.93. The van der Waals surface area contributed by atoms with Gasteiger partial charge in [0.2, 0.25) is 5.91 Å². The fourth-order valence-corrected chi connectivity index (χ4v) is 3.80. The molecule has 1 aromatic carbocycles. The topological polar surface area (TPSA) is 95.7 Å². The van der Waals surface area contributed by atoms with E-state index in [9.17, 15) is 4.79 Å². The first kappa shape index (κ1) is 22.3. The van der Waals surface area contributed by atoms with Crippen LogP contribution in [0.2, 0.25) is 0 Å². The van der Waals surface area contributed by atoms with Crippen LogP contribution in [0.1, 0.15) is 45.2 Å². The first-order valence-electron chi connectivity index (χ1n) is 10.7. The summed E-state index contributed by atoms with van der Waals surface area (Å²) in [6.45, 7) is 6.87. The molecule has 0 aliphatic heterocycles. The van der Waals surface area contributed by atoms with Gasteiger partial charge in [0, 0.05) is 17.4 Å².